The molecule has 25 heavy (non-hydrogen) atoms. The van der Waals surface area contributed by atoms with Crippen molar-refractivity contribution < 1.29 is 4.74 Å². The van der Waals surface area contributed by atoms with Gasteiger partial charge < -0.3 is 15.0 Å². The summed E-state index contributed by atoms with van der Waals surface area (Å²) in [5, 5.41) is 3.71. The van der Waals surface area contributed by atoms with Crippen molar-refractivity contribution in [3.63, 3.8) is 0 Å². The average molecular weight is 338 g/mol. The second-order valence-corrected chi connectivity index (χ2v) is 6.82. The Labute approximate surface area is 149 Å². The minimum absolute atomic E-state index is 0.265. The number of ether oxygens (including phenoxy) is 1. The van der Waals surface area contributed by atoms with Crippen LogP contribution in [0.2, 0.25) is 0 Å². The maximum Gasteiger partial charge on any atom is 0.242 e. The van der Waals surface area contributed by atoms with Crippen molar-refractivity contribution >= 4 is 17.2 Å². The lowest BCUT2D eigenvalue weighted by molar-refractivity contribution is 0.298. The number of para-hydroxylation sites is 1. The number of nitrogens with zero attached hydrogens (tertiary/aromatic N) is 3. The van der Waals surface area contributed by atoms with Crippen molar-refractivity contribution in [2.75, 3.05) is 23.4 Å². The first-order chi connectivity index (χ1) is 12.3. The van der Waals surface area contributed by atoms with E-state index in [-0.39, 0.29) is 6.04 Å². The fourth-order valence-corrected chi connectivity index (χ4v) is 3.86. The third-order valence-corrected chi connectivity index (χ3v) is 5.08. The van der Waals surface area contributed by atoms with Gasteiger partial charge in [-0.2, -0.15) is 4.98 Å². The number of hydrogen-bond acceptors (Lipinski definition) is 5. The van der Waals surface area contributed by atoms with Crippen LogP contribution in [0.1, 0.15) is 56.7 Å². The first-order valence-electron chi connectivity index (χ1n) is 9.47. The molecule has 1 aromatic carbocycles. The molecule has 2 aliphatic rings. The zero-order chi connectivity index (χ0) is 17.2. The van der Waals surface area contributed by atoms with Crippen molar-refractivity contribution in [3.05, 3.63) is 35.7 Å². The number of fused-ring (bicyclic) bond motifs is 2. The summed E-state index contributed by atoms with van der Waals surface area (Å²) in [5.74, 6) is 1.63. The smallest absolute Gasteiger partial charge is 0.242 e. The molecule has 5 heteroatoms. The van der Waals surface area contributed by atoms with Crippen LogP contribution in [0.15, 0.2) is 24.5 Å². The first kappa shape index (κ1) is 16.2. The van der Waals surface area contributed by atoms with Crippen molar-refractivity contribution in [1.82, 2.24) is 9.97 Å². The predicted molar refractivity (Wildman–Crippen MR) is 101 cm³/mol. The third kappa shape index (κ3) is 2.81. The molecule has 1 aromatic heterocycles. The normalized spacial score (nSPS) is 17.5. The van der Waals surface area contributed by atoms with E-state index in [0.29, 0.717) is 12.5 Å². The lowest BCUT2D eigenvalue weighted by atomic mass is 9.98. The summed E-state index contributed by atoms with van der Waals surface area (Å²) in [5.41, 5.74) is 5.07. The molecule has 1 N–H and O–H groups in total. The molecule has 1 unspecified atom stereocenters. The zero-order valence-corrected chi connectivity index (χ0v) is 15.1. The summed E-state index contributed by atoms with van der Waals surface area (Å²) in [6.07, 6.45) is 7.04. The van der Waals surface area contributed by atoms with Gasteiger partial charge in [-0.1, -0.05) is 44.9 Å². The number of aromatic nitrogens is 2. The van der Waals surface area contributed by atoms with E-state index in [1.165, 1.54) is 16.8 Å². The molecule has 0 fully saturated rings. The monoisotopic (exact) mass is 338 g/mol. The molecule has 0 saturated heterocycles. The Balaban J connectivity index is 1.80. The van der Waals surface area contributed by atoms with E-state index in [4.69, 9.17) is 4.74 Å². The molecular formula is C20H26N4O. The molecule has 0 aliphatic carbocycles. The summed E-state index contributed by atoms with van der Waals surface area (Å²) < 4.78 is 6.00. The molecule has 3 heterocycles. The summed E-state index contributed by atoms with van der Waals surface area (Å²) in [4.78, 5) is 11.4. The topological polar surface area (TPSA) is 50.3 Å². The van der Waals surface area contributed by atoms with Crippen LogP contribution in [0.5, 0.6) is 5.88 Å². The summed E-state index contributed by atoms with van der Waals surface area (Å²) in [6.45, 7) is 6.06. The maximum absolute atomic E-state index is 6.00. The highest BCUT2D eigenvalue weighted by Gasteiger charge is 2.34. The van der Waals surface area contributed by atoms with Gasteiger partial charge in [0.1, 0.15) is 12.0 Å². The molecule has 0 saturated carbocycles. The summed E-state index contributed by atoms with van der Waals surface area (Å²) in [7, 11) is 0. The minimum atomic E-state index is 0.265. The average Bonchev–Trinajstić information content (AvgIpc) is 3.00. The van der Waals surface area contributed by atoms with E-state index in [1.54, 1.807) is 6.33 Å². The highest BCUT2D eigenvalue weighted by Crippen LogP contribution is 2.48. The van der Waals surface area contributed by atoms with Gasteiger partial charge in [-0.3, -0.25) is 0 Å². The van der Waals surface area contributed by atoms with Crippen molar-refractivity contribution in [2.24, 2.45) is 0 Å². The zero-order valence-electron chi connectivity index (χ0n) is 15.1. The van der Waals surface area contributed by atoms with E-state index < -0.39 is 0 Å². The summed E-state index contributed by atoms with van der Waals surface area (Å²) in [6, 6.07) is 6.94. The molecule has 132 valence electrons. The number of nitrogens with one attached hydrogen (secondary N) is 1. The second kappa shape index (κ2) is 6.90. The maximum atomic E-state index is 6.00. The van der Waals surface area contributed by atoms with Gasteiger partial charge in [-0.05, 0) is 30.4 Å². The highest BCUT2D eigenvalue weighted by molar-refractivity contribution is 5.83. The molecule has 5 nitrogen and oxygen atoms in total. The highest BCUT2D eigenvalue weighted by atomic mass is 16.5. The Hall–Kier alpha value is -2.30. The number of hydrogen-bond donors (Lipinski definition) is 1. The Morgan fingerprint density at radius 2 is 2.16 bits per heavy atom. The van der Waals surface area contributed by atoms with Crippen molar-refractivity contribution in [3.8, 4) is 5.88 Å². The van der Waals surface area contributed by atoms with Crippen LogP contribution in [0.4, 0.5) is 17.2 Å². The molecule has 0 radical (unpaired) electrons. The van der Waals surface area contributed by atoms with E-state index in [9.17, 15) is 0 Å². The van der Waals surface area contributed by atoms with Gasteiger partial charge in [0.15, 0.2) is 5.82 Å². The SMILES string of the molecule is CCCCOc1ncnc2c1NC(CCC)c1cccc3c1N2CC3. The fourth-order valence-electron chi connectivity index (χ4n) is 3.86. The van der Waals surface area contributed by atoms with Crippen LogP contribution < -0.4 is 15.0 Å². The van der Waals surface area contributed by atoms with Gasteiger partial charge in [0.05, 0.1) is 18.3 Å². The lowest BCUT2D eigenvalue weighted by Crippen LogP contribution is -2.16. The lowest BCUT2D eigenvalue weighted by Gasteiger charge is -2.20. The number of anilines is 3. The first-order valence-corrected chi connectivity index (χ1v) is 9.47. The molecular weight excluding hydrogens is 312 g/mol. The van der Waals surface area contributed by atoms with Crippen LogP contribution in [0.25, 0.3) is 0 Å². The van der Waals surface area contributed by atoms with Crippen LogP contribution in [0, 0.1) is 0 Å². The van der Waals surface area contributed by atoms with E-state index in [0.717, 1.165) is 50.2 Å². The van der Waals surface area contributed by atoms with Crippen molar-refractivity contribution in [1.29, 1.82) is 0 Å². The van der Waals surface area contributed by atoms with E-state index in [1.807, 2.05) is 0 Å². The molecule has 4 rings (SSSR count). The van der Waals surface area contributed by atoms with Crippen LogP contribution in [-0.4, -0.2) is 23.1 Å². The number of benzene rings is 1. The van der Waals surface area contributed by atoms with Gasteiger partial charge in [0.2, 0.25) is 5.88 Å². The van der Waals surface area contributed by atoms with E-state index in [2.05, 4.69) is 52.2 Å². The van der Waals surface area contributed by atoms with Gasteiger partial charge in [0, 0.05) is 6.54 Å². The van der Waals surface area contributed by atoms with Gasteiger partial charge >= 0.3 is 0 Å². The molecule has 0 amide bonds. The second-order valence-electron chi connectivity index (χ2n) is 6.82. The van der Waals surface area contributed by atoms with Gasteiger partial charge in [-0.15, -0.1) is 0 Å². The van der Waals surface area contributed by atoms with Crippen LogP contribution in [-0.2, 0) is 6.42 Å². The summed E-state index contributed by atoms with van der Waals surface area (Å²) >= 11 is 0. The molecule has 2 aliphatic heterocycles. The van der Waals surface area contributed by atoms with Crippen LogP contribution >= 0.6 is 0 Å². The molecule has 0 bridgehead atoms. The molecule has 0 spiro atoms. The standard InChI is InChI=1S/C20H26N4O/c1-3-5-12-25-20-17-19(21-13-22-20)24-11-10-14-8-6-9-15(18(14)24)16(23-17)7-4-2/h6,8-9,13,16,23H,3-5,7,10-12H2,1-2H3. The Morgan fingerprint density at radius 3 is 3.00 bits per heavy atom. The largest absolute Gasteiger partial charge is 0.476 e. The molecule has 1 atom stereocenters. The van der Waals surface area contributed by atoms with Gasteiger partial charge in [-0.25, -0.2) is 4.98 Å². The third-order valence-electron chi connectivity index (χ3n) is 5.08. The predicted octanol–water partition coefficient (Wildman–Crippen LogP) is 4.62. The van der Waals surface area contributed by atoms with Gasteiger partial charge in [0.25, 0.3) is 0 Å². The Bertz CT molecular complexity index is 761. The number of rotatable bonds is 6. The molecule has 2 aromatic rings. The van der Waals surface area contributed by atoms with Crippen LogP contribution in [0.3, 0.4) is 0 Å². The Morgan fingerprint density at radius 1 is 1.24 bits per heavy atom. The fraction of sp³-hybridized carbons (Fsp3) is 0.500. The van der Waals surface area contributed by atoms with Crippen molar-refractivity contribution in [2.45, 2.75) is 52.0 Å². The quantitative estimate of drug-likeness (QED) is 0.779. The van der Waals surface area contributed by atoms with E-state index >= 15 is 0 Å². The minimum Gasteiger partial charge on any atom is -0.476 e. The number of unbranched alkanes of at least 4 members (excludes halogenated alkanes) is 1. The Kier molecular flexibility index (Phi) is 4.47.